The summed E-state index contributed by atoms with van der Waals surface area (Å²) < 4.78 is 5.23. The molecule has 1 atom stereocenters. The topological polar surface area (TPSA) is 54.5 Å². The SMILES string of the molecule is COc1ccc([C@]23Cc4ncccc4C(=O)N2CCN3)cc1. The molecular weight excluding hydrogens is 278 g/mol. The van der Waals surface area contributed by atoms with E-state index in [2.05, 4.69) is 10.3 Å². The van der Waals surface area contributed by atoms with Gasteiger partial charge in [0, 0.05) is 25.7 Å². The lowest BCUT2D eigenvalue weighted by Gasteiger charge is -2.42. The van der Waals surface area contributed by atoms with Crippen LogP contribution in [0.4, 0.5) is 0 Å². The van der Waals surface area contributed by atoms with Crippen molar-refractivity contribution < 1.29 is 9.53 Å². The Morgan fingerprint density at radius 2 is 2.09 bits per heavy atom. The molecule has 1 aromatic carbocycles. The normalized spacial score (nSPS) is 23.1. The number of hydrogen-bond acceptors (Lipinski definition) is 4. The summed E-state index contributed by atoms with van der Waals surface area (Å²) >= 11 is 0. The predicted molar refractivity (Wildman–Crippen MR) is 81.7 cm³/mol. The number of carbonyl (C=O) groups excluding carboxylic acids is 1. The van der Waals surface area contributed by atoms with Crippen molar-refractivity contribution in [2.45, 2.75) is 12.1 Å². The first-order valence-corrected chi connectivity index (χ1v) is 7.40. The third kappa shape index (κ3) is 1.75. The lowest BCUT2D eigenvalue weighted by atomic mass is 9.87. The number of amides is 1. The molecule has 0 bridgehead atoms. The van der Waals surface area contributed by atoms with Gasteiger partial charge in [0.25, 0.3) is 5.91 Å². The van der Waals surface area contributed by atoms with Crippen LogP contribution in [-0.2, 0) is 12.1 Å². The maximum Gasteiger partial charge on any atom is 0.257 e. The average Bonchev–Trinajstić information content (AvgIpc) is 3.00. The molecule has 22 heavy (non-hydrogen) atoms. The monoisotopic (exact) mass is 295 g/mol. The van der Waals surface area contributed by atoms with Crippen LogP contribution in [0.3, 0.4) is 0 Å². The molecule has 0 unspecified atom stereocenters. The van der Waals surface area contributed by atoms with Crippen LogP contribution in [0.25, 0.3) is 0 Å². The average molecular weight is 295 g/mol. The van der Waals surface area contributed by atoms with Gasteiger partial charge in [-0.2, -0.15) is 0 Å². The number of nitrogens with zero attached hydrogens (tertiary/aromatic N) is 2. The van der Waals surface area contributed by atoms with Crippen LogP contribution < -0.4 is 10.1 Å². The van der Waals surface area contributed by atoms with Crippen LogP contribution in [0.15, 0.2) is 42.6 Å². The van der Waals surface area contributed by atoms with Gasteiger partial charge in [0.2, 0.25) is 0 Å². The van der Waals surface area contributed by atoms with Gasteiger partial charge in [0.05, 0.1) is 18.4 Å². The fraction of sp³-hybridized carbons (Fsp3) is 0.294. The summed E-state index contributed by atoms with van der Waals surface area (Å²) in [6.45, 7) is 1.49. The third-order valence-electron chi connectivity index (χ3n) is 4.57. The zero-order valence-corrected chi connectivity index (χ0v) is 12.4. The first-order chi connectivity index (χ1) is 10.7. The highest BCUT2D eigenvalue weighted by atomic mass is 16.5. The van der Waals surface area contributed by atoms with E-state index in [4.69, 9.17) is 4.74 Å². The molecule has 112 valence electrons. The summed E-state index contributed by atoms with van der Waals surface area (Å²) in [4.78, 5) is 19.2. The van der Waals surface area contributed by atoms with Crippen molar-refractivity contribution in [2.75, 3.05) is 20.2 Å². The molecule has 0 saturated carbocycles. The Morgan fingerprint density at radius 1 is 1.27 bits per heavy atom. The fourth-order valence-electron chi connectivity index (χ4n) is 3.48. The number of rotatable bonds is 2. The number of carbonyl (C=O) groups is 1. The number of benzene rings is 1. The summed E-state index contributed by atoms with van der Waals surface area (Å²) in [5, 5.41) is 3.52. The van der Waals surface area contributed by atoms with E-state index in [1.807, 2.05) is 41.3 Å². The van der Waals surface area contributed by atoms with E-state index < -0.39 is 5.66 Å². The van der Waals surface area contributed by atoms with E-state index in [1.54, 1.807) is 13.3 Å². The molecule has 2 aromatic rings. The van der Waals surface area contributed by atoms with Gasteiger partial charge in [-0.05, 0) is 29.8 Å². The van der Waals surface area contributed by atoms with Crippen LogP contribution in [0.2, 0.25) is 0 Å². The van der Waals surface area contributed by atoms with E-state index in [-0.39, 0.29) is 5.91 Å². The lowest BCUT2D eigenvalue weighted by molar-refractivity contribution is 0.0498. The van der Waals surface area contributed by atoms with E-state index in [9.17, 15) is 4.79 Å². The van der Waals surface area contributed by atoms with Gasteiger partial charge < -0.3 is 9.64 Å². The summed E-state index contributed by atoms with van der Waals surface area (Å²) in [5.74, 6) is 0.862. The van der Waals surface area contributed by atoms with E-state index in [1.165, 1.54) is 0 Å². The summed E-state index contributed by atoms with van der Waals surface area (Å²) in [6.07, 6.45) is 2.43. The summed E-state index contributed by atoms with van der Waals surface area (Å²) in [5.41, 5.74) is 2.14. The van der Waals surface area contributed by atoms with Gasteiger partial charge in [-0.3, -0.25) is 15.1 Å². The highest BCUT2D eigenvalue weighted by Gasteiger charge is 2.49. The number of aromatic nitrogens is 1. The Labute approximate surface area is 128 Å². The largest absolute Gasteiger partial charge is 0.497 e. The Balaban J connectivity index is 1.83. The smallest absolute Gasteiger partial charge is 0.257 e. The van der Waals surface area contributed by atoms with Gasteiger partial charge in [0.1, 0.15) is 11.4 Å². The van der Waals surface area contributed by atoms with Crippen LogP contribution in [0.5, 0.6) is 5.75 Å². The minimum absolute atomic E-state index is 0.0511. The molecule has 1 amide bonds. The van der Waals surface area contributed by atoms with Crippen LogP contribution in [0, 0.1) is 0 Å². The van der Waals surface area contributed by atoms with Gasteiger partial charge in [-0.15, -0.1) is 0 Å². The van der Waals surface area contributed by atoms with Crippen molar-refractivity contribution in [1.82, 2.24) is 15.2 Å². The van der Waals surface area contributed by atoms with Crippen molar-refractivity contribution >= 4 is 5.91 Å². The van der Waals surface area contributed by atoms with Gasteiger partial charge in [-0.1, -0.05) is 12.1 Å². The number of methoxy groups -OCH3 is 1. The molecule has 5 nitrogen and oxygen atoms in total. The van der Waals surface area contributed by atoms with Crippen molar-refractivity contribution in [3.63, 3.8) is 0 Å². The number of hydrogen-bond donors (Lipinski definition) is 1. The standard InChI is InChI=1S/C17H17N3O2/c1-22-13-6-4-12(5-7-13)17-11-15-14(3-2-8-18-15)16(21)20(17)10-9-19-17/h2-8,19H,9-11H2,1H3/t17-/m0/s1. The second-order valence-corrected chi connectivity index (χ2v) is 5.65. The Bertz CT molecular complexity index is 729. The number of nitrogens with one attached hydrogen (secondary N) is 1. The molecule has 2 aliphatic rings. The Kier molecular flexibility index (Phi) is 2.90. The number of fused-ring (bicyclic) bond motifs is 2. The fourth-order valence-corrected chi connectivity index (χ4v) is 3.48. The molecule has 5 heteroatoms. The molecule has 0 aliphatic carbocycles. The highest BCUT2D eigenvalue weighted by Crippen LogP contribution is 2.38. The van der Waals surface area contributed by atoms with Gasteiger partial charge in [-0.25, -0.2) is 0 Å². The van der Waals surface area contributed by atoms with Crippen molar-refractivity contribution in [2.24, 2.45) is 0 Å². The molecule has 3 heterocycles. The van der Waals surface area contributed by atoms with E-state index in [0.29, 0.717) is 13.0 Å². The molecule has 4 rings (SSSR count). The molecule has 1 saturated heterocycles. The van der Waals surface area contributed by atoms with Crippen molar-refractivity contribution in [3.8, 4) is 5.75 Å². The summed E-state index contributed by atoms with van der Waals surface area (Å²) in [6, 6.07) is 11.6. The van der Waals surface area contributed by atoms with Gasteiger partial charge >= 0.3 is 0 Å². The second kappa shape index (κ2) is 4.81. The van der Waals surface area contributed by atoms with Crippen LogP contribution >= 0.6 is 0 Å². The number of ether oxygens (including phenoxy) is 1. The first-order valence-electron chi connectivity index (χ1n) is 7.40. The molecule has 0 spiro atoms. The first kappa shape index (κ1) is 13.3. The maximum absolute atomic E-state index is 12.8. The maximum atomic E-state index is 12.8. The molecule has 1 aromatic heterocycles. The molecular formula is C17H17N3O2. The zero-order valence-electron chi connectivity index (χ0n) is 12.4. The zero-order chi connectivity index (χ0) is 15.2. The lowest BCUT2D eigenvalue weighted by Crippen LogP contribution is -2.55. The molecule has 0 radical (unpaired) electrons. The molecule has 2 aliphatic heterocycles. The van der Waals surface area contributed by atoms with Crippen LogP contribution in [0.1, 0.15) is 21.6 Å². The van der Waals surface area contributed by atoms with E-state index >= 15 is 0 Å². The van der Waals surface area contributed by atoms with Crippen LogP contribution in [-0.4, -0.2) is 36.0 Å². The van der Waals surface area contributed by atoms with E-state index in [0.717, 1.165) is 29.1 Å². The Morgan fingerprint density at radius 3 is 2.86 bits per heavy atom. The quantitative estimate of drug-likeness (QED) is 0.913. The van der Waals surface area contributed by atoms with Gasteiger partial charge in [0.15, 0.2) is 0 Å². The van der Waals surface area contributed by atoms with Crippen molar-refractivity contribution in [3.05, 3.63) is 59.4 Å². The summed E-state index contributed by atoms with van der Waals surface area (Å²) in [7, 11) is 1.65. The minimum Gasteiger partial charge on any atom is -0.497 e. The minimum atomic E-state index is -0.495. The van der Waals surface area contributed by atoms with Crippen molar-refractivity contribution in [1.29, 1.82) is 0 Å². The number of pyridine rings is 1. The molecule has 1 N–H and O–H groups in total. The molecule has 1 fully saturated rings. The Hall–Kier alpha value is -2.40. The highest BCUT2D eigenvalue weighted by molar-refractivity contribution is 5.97. The second-order valence-electron chi connectivity index (χ2n) is 5.65. The third-order valence-corrected chi connectivity index (χ3v) is 4.57. The predicted octanol–water partition coefficient (Wildman–Crippen LogP) is 1.54.